The molecule has 6 heteroatoms. The molecule has 22 heavy (non-hydrogen) atoms. The largest absolute Gasteiger partial charge is 0.327 e. The van der Waals surface area contributed by atoms with E-state index in [4.69, 9.17) is 4.52 Å². The first-order valence-corrected chi connectivity index (χ1v) is 12.2. The molecule has 0 aliphatic carbocycles. The highest BCUT2D eigenvalue weighted by atomic mass is 33.1. The SMILES string of the molecule is CC(C)N(C(C)C)P(O[C@@H]1CCSSC1)N(C(C)C)C(C)C. The second kappa shape index (κ2) is 10.1. The van der Waals surface area contributed by atoms with E-state index in [2.05, 4.69) is 64.7 Å². The summed E-state index contributed by atoms with van der Waals surface area (Å²) in [5, 5.41) is 0. The van der Waals surface area contributed by atoms with Gasteiger partial charge in [-0.15, -0.1) is 0 Å². The van der Waals surface area contributed by atoms with Gasteiger partial charge < -0.3 is 4.52 Å². The van der Waals surface area contributed by atoms with Crippen LogP contribution in [0, 0.1) is 0 Å². The van der Waals surface area contributed by atoms with Gasteiger partial charge in [0.05, 0.1) is 6.10 Å². The molecule has 3 nitrogen and oxygen atoms in total. The zero-order valence-electron chi connectivity index (χ0n) is 15.6. The van der Waals surface area contributed by atoms with E-state index in [1.54, 1.807) is 0 Å². The predicted octanol–water partition coefficient (Wildman–Crippen LogP) is 5.62. The van der Waals surface area contributed by atoms with E-state index in [1.807, 2.05) is 21.6 Å². The summed E-state index contributed by atoms with van der Waals surface area (Å²) in [5.74, 6) is 2.34. The highest BCUT2D eigenvalue weighted by Crippen LogP contribution is 2.52. The third kappa shape index (κ3) is 6.14. The molecule has 0 aromatic rings. The van der Waals surface area contributed by atoms with Crippen LogP contribution in [0.25, 0.3) is 0 Å². The van der Waals surface area contributed by atoms with Crippen molar-refractivity contribution < 1.29 is 4.52 Å². The van der Waals surface area contributed by atoms with Gasteiger partial charge in [0, 0.05) is 35.7 Å². The summed E-state index contributed by atoms with van der Waals surface area (Å²) >= 11 is 0. The fourth-order valence-electron chi connectivity index (χ4n) is 2.87. The minimum atomic E-state index is -0.724. The molecule has 0 radical (unpaired) electrons. The van der Waals surface area contributed by atoms with E-state index < -0.39 is 8.45 Å². The van der Waals surface area contributed by atoms with Crippen LogP contribution in [0.1, 0.15) is 61.8 Å². The quantitative estimate of drug-likeness (QED) is 0.408. The smallest absolute Gasteiger partial charge is 0.189 e. The molecule has 0 spiro atoms. The molecule has 0 aromatic carbocycles. The van der Waals surface area contributed by atoms with Gasteiger partial charge in [-0.1, -0.05) is 21.6 Å². The summed E-state index contributed by atoms with van der Waals surface area (Å²) in [6.45, 7) is 18.4. The summed E-state index contributed by atoms with van der Waals surface area (Å²) in [4.78, 5) is 0. The topological polar surface area (TPSA) is 15.7 Å². The molecular formula is C16H35N2OPS2. The van der Waals surface area contributed by atoms with Crippen molar-refractivity contribution in [1.82, 2.24) is 9.34 Å². The van der Waals surface area contributed by atoms with Crippen LogP contribution in [0.4, 0.5) is 0 Å². The predicted molar refractivity (Wildman–Crippen MR) is 106 cm³/mol. The molecule has 1 saturated heterocycles. The third-order valence-electron chi connectivity index (χ3n) is 3.62. The van der Waals surface area contributed by atoms with E-state index in [0.717, 1.165) is 5.75 Å². The summed E-state index contributed by atoms with van der Waals surface area (Å²) in [7, 11) is 3.23. The standard InChI is InChI=1S/C16H35N2OPS2/c1-12(2)17(13(3)4)20(18(14(5)6)15(7)8)19-16-9-10-21-22-11-16/h12-16H,9-11H2,1-8H3/t16-/m1/s1. The fourth-order valence-corrected chi connectivity index (χ4v) is 7.80. The summed E-state index contributed by atoms with van der Waals surface area (Å²) in [5.41, 5.74) is 0. The first kappa shape index (κ1) is 21.1. The Morgan fingerprint density at radius 1 is 0.818 bits per heavy atom. The van der Waals surface area contributed by atoms with E-state index in [-0.39, 0.29) is 0 Å². The lowest BCUT2D eigenvalue weighted by Gasteiger charge is -2.47. The van der Waals surface area contributed by atoms with Crippen LogP contribution in [0.2, 0.25) is 0 Å². The van der Waals surface area contributed by atoms with Gasteiger partial charge in [0.1, 0.15) is 0 Å². The molecule has 0 bridgehead atoms. The van der Waals surface area contributed by atoms with Crippen molar-refractivity contribution in [2.45, 2.75) is 92.1 Å². The van der Waals surface area contributed by atoms with Gasteiger partial charge in [0.25, 0.3) is 0 Å². The van der Waals surface area contributed by atoms with E-state index in [1.165, 1.54) is 12.2 Å². The molecule has 132 valence electrons. The molecule has 1 fully saturated rings. The molecule has 1 heterocycles. The summed E-state index contributed by atoms with van der Waals surface area (Å²) in [6, 6.07) is 1.99. The number of nitrogens with zero attached hydrogens (tertiary/aromatic N) is 2. The zero-order valence-corrected chi connectivity index (χ0v) is 18.1. The Labute approximate surface area is 147 Å². The molecule has 1 rings (SSSR count). The number of rotatable bonds is 8. The lowest BCUT2D eigenvalue weighted by molar-refractivity contribution is 0.152. The molecule has 0 unspecified atom stereocenters. The van der Waals surface area contributed by atoms with Crippen LogP contribution in [0.3, 0.4) is 0 Å². The molecule has 0 N–H and O–H groups in total. The molecule has 0 aromatic heterocycles. The maximum absolute atomic E-state index is 6.74. The summed E-state index contributed by atoms with van der Waals surface area (Å²) < 4.78 is 11.9. The van der Waals surface area contributed by atoms with Crippen molar-refractivity contribution in [3.05, 3.63) is 0 Å². The maximum Gasteiger partial charge on any atom is 0.189 e. The van der Waals surface area contributed by atoms with Crippen molar-refractivity contribution in [1.29, 1.82) is 0 Å². The van der Waals surface area contributed by atoms with Gasteiger partial charge in [0.15, 0.2) is 8.45 Å². The van der Waals surface area contributed by atoms with Crippen LogP contribution in [-0.4, -0.2) is 51.1 Å². The Hall–Kier alpha value is 1.01. The van der Waals surface area contributed by atoms with Crippen molar-refractivity contribution in [2.24, 2.45) is 0 Å². The Balaban J connectivity index is 3.00. The zero-order chi connectivity index (χ0) is 16.9. The van der Waals surface area contributed by atoms with E-state index in [0.29, 0.717) is 30.3 Å². The van der Waals surface area contributed by atoms with Gasteiger partial charge in [-0.3, -0.25) is 0 Å². The van der Waals surface area contributed by atoms with Gasteiger partial charge in [-0.25, -0.2) is 9.34 Å². The fraction of sp³-hybridized carbons (Fsp3) is 1.00. The van der Waals surface area contributed by atoms with Crippen molar-refractivity contribution in [3.63, 3.8) is 0 Å². The normalized spacial score (nSPS) is 20.6. The molecule has 1 aliphatic heterocycles. The van der Waals surface area contributed by atoms with Gasteiger partial charge >= 0.3 is 0 Å². The first-order chi connectivity index (χ1) is 10.3. The van der Waals surface area contributed by atoms with Crippen molar-refractivity contribution in [3.8, 4) is 0 Å². The van der Waals surface area contributed by atoms with Crippen molar-refractivity contribution in [2.75, 3.05) is 11.5 Å². The Kier molecular flexibility index (Phi) is 9.67. The highest BCUT2D eigenvalue weighted by molar-refractivity contribution is 8.76. The number of hydrogen-bond donors (Lipinski definition) is 0. The van der Waals surface area contributed by atoms with Crippen LogP contribution >= 0.6 is 30.0 Å². The highest BCUT2D eigenvalue weighted by Gasteiger charge is 2.36. The molecule has 1 atom stereocenters. The van der Waals surface area contributed by atoms with Crippen LogP contribution < -0.4 is 0 Å². The first-order valence-electron chi connectivity index (χ1n) is 8.53. The van der Waals surface area contributed by atoms with Crippen LogP contribution in [0.15, 0.2) is 0 Å². The van der Waals surface area contributed by atoms with E-state index >= 15 is 0 Å². The Morgan fingerprint density at radius 2 is 1.27 bits per heavy atom. The number of hydrogen-bond acceptors (Lipinski definition) is 5. The molecule has 0 saturated carbocycles. The average molecular weight is 367 g/mol. The summed E-state index contributed by atoms with van der Waals surface area (Å²) in [6.07, 6.45) is 1.59. The lowest BCUT2D eigenvalue weighted by atomic mass is 10.3. The van der Waals surface area contributed by atoms with Gasteiger partial charge in [0.2, 0.25) is 0 Å². The second-order valence-corrected chi connectivity index (χ2v) is 11.3. The third-order valence-corrected chi connectivity index (χ3v) is 9.22. The van der Waals surface area contributed by atoms with Crippen LogP contribution in [0.5, 0.6) is 0 Å². The monoisotopic (exact) mass is 366 g/mol. The minimum Gasteiger partial charge on any atom is -0.327 e. The van der Waals surface area contributed by atoms with Crippen LogP contribution in [-0.2, 0) is 4.52 Å². The molecule has 1 aliphatic rings. The minimum absolute atomic E-state index is 0.400. The maximum atomic E-state index is 6.74. The van der Waals surface area contributed by atoms with Crippen molar-refractivity contribution >= 4 is 30.0 Å². The second-order valence-electron chi connectivity index (χ2n) is 7.01. The van der Waals surface area contributed by atoms with E-state index in [9.17, 15) is 0 Å². The van der Waals surface area contributed by atoms with Gasteiger partial charge in [-0.05, 0) is 61.8 Å². The average Bonchev–Trinajstić information content (AvgIpc) is 2.37. The lowest BCUT2D eigenvalue weighted by Crippen LogP contribution is -2.44. The molecular weight excluding hydrogens is 331 g/mol. The Morgan fingerprint density at radius 3 is 1.59 bits per heavy atom. The molecule has 0 amide bonds. The Bertz CT molecular complexity index is 275. The van der Waals surface area contributed by atoms with Gasteiger partial charge in [-0.2, -0.15) is 0 Å².